The largest absolute Gasteiger partial charge is 0.206 e. The van der Waals surface area contributed by atoms with Gasteiger partial charge in [0.25, 0.3) is 0 Å². The zero-order valence-electron chi connectivity index (χ0n) is 6.00. The Balaban J connectivity index is 3.42. The molecule has 0 aliphatic carbocycles. The minimum absolute atomic E-state index is 0.295. The minimum atomic E-state index is -0.583. The molecule has 1 aromatic rings. The van der Waals surface area contributed by atoms with Crippen molar-refractivity contribution in [1.82, 2.24) is 0 Å². The Bertz CT molecular complexity index is 289. The Morgan fingerprint density at radius 2 is 1.58 bits per heavy atom. The molecule has 0 nitrogen and oxygen atoms in total. The van der Waals surface area contributed by atoms with Gasteiger partial charge < -0.3 is 0 Å². The summed E-state index contributed by atoms with van der Waals surface area (Å²) in [6.45, 7) is 0. The highest BCUT2D eigenvalue weighted by Gasteiger charge is 2.13. The van der Waals surface area contributed by atoms with E-state index in [1.54, 1.807) is 6.26 Å². The number of halogens is 4. The summed E-state index contributed by atoms with van der Waals surface area (Å²) in [4.78, 5) is 0.535. The highest BCUT2D eigenvalue weighted by Crippen LogP contribution is 2.36. The third-order valence-corrected chi connectivity index (χ3v) is 4.17. The van der Waals surface area contributed by atoms with E-state index >= 15 is 0 Å². The summed E-state index contributed by atoms with van der Waals surface area (Å²) in [6.07, 6.45) is 1.75. The van der Waals surface area contributed by atoms with Gasteiger partial charge in [-0.1, -0.05) is 0 Å². The van der Waals surface area contributed by atoms with Crippen molar-refractivity contribution < 1.29 is 8.78 Å². The lowest BCUT2D eigenvalue weighted by Crippen LogP contribution is -1.88. The maximum Gasteiger partial charge on any atom is 0.141 e. The minimum Gasteiger partial charge on any atom is -0.206 e. The molecular weight excluding hydrogens is 314 g/mol. The lowest BCUT2D eigenvalue weighted by Gasteiger charge is -2.05. The molecule has 0 spiro atoms. The van der Waals surface area contributed by atoms with Gasteiger partial charge >= 0.3 is 0 Å². The molecule has 0 aliphatic rings. The van der Waals surface area contributed by atoms with Crippen LogP contribution in [0.25, 0.3) is 0 Å². The van der Waals surface area contributed by atoms with Crippen molar-refractivity contribution in [2.24, 2.45) is 0 Å². The molecule has 5 heteroatoms. The molecule has 1 rings (SSSR count). The number of hydrogen-bond donors (Lipinski definition) is 0. The van der Waals surface area contributed by atoms with Crippen molar-refractivity contribution in [2.45, 2.75) is 4.90 Å². The van der Waals surface area contributed by atoms with Crippen LogP contribution in [0.5, 0.6) is 0 Å². The maximum atomic E-state index is 12.9. The molecule has 0 bridgehead atoms. The maximum absolute atomic E-state index is 12.9. The number of hydrogen-bond acceptors (Lipinski definition) is 1. The summed E-state index contributed by atoms with van der Waals surface area (Å²) in [5.41, 5.74) is 0. The molecule has 0 amide bonds. The van der Waals surface area contributed by atoms with E-state index in [0.717, 1.165) is 6.07 Å². The Hall–Kier alpha value is 0.390. The van der Waals surface area contributed by atoms with Crippen LogP contribution >= 0.6 is 43.6 Å². The monoisotopic (exact) mass is 316 g/mol. The molecule has 0 N–H and O–H groups in total. The van der Waals surface area contributed by atoms with Crippen molar-refractivity contribution in [3.63, 3.8) is 0 Å². The Morgan fingerprint density at radius 1 is 1.17 bits per heavy atom. The first-order valence-electron chi connectivity index (χ1n) is 2.95. The van der Waals surface area contributed by atoms with Gasteiger partial charge in [-0.25, -0.2) is 8.78 Å². The highest BCUT2D eigenvalue weighted by molar-refractivity contribution is 9.11. The van der Waals surface area contributed by atoms with E-state index in [9.17, 15) is 8.78 Å². The van der Waals surface area contributed by atoms with Gasteiger partial charge in [0.15, 0.2) is 0 Å². The van der Waals surface area contributed by atoms with Crippen LogP contribution in [0.1, 0.15) is 0 Å². The predicted octanol–water partition coefficient (Wildman–Crippen LogP) is 4.21. The van der Waals surface area contributed by atoms with Gasteiger partial charge in [-0.2, -0.15) is 0 Å². The van der Waals surface area contributed by atoms with E-state index in [0.29, 0.717) is 13.8 Å². The first-order chi connectivity index (χ1) is 5.57. The number of thioether (sulfide) groups is 1. The molecule has 66 valence electrons. The van der Waals surface area contributed by atoms with E-state index in [1.807, 2.05) is 0 Å². The standard InChI is InChI=1S/C7H4Br2F2S/c1-12-7-5(8)3(10)2-4(11)6(7)9/h2H,1H3. The van der Waals surface area contributed by atoms with Crippen molar-refractivity contribution in [3.05, 3.63) is 26.6 Å². The van der Waals surface area contributed by atoms with E-state index < -0.39 is 11.6 Å². The summed E-state index contributed by atoms with van der Waals surface area (Å²) in [5.74, 6) is -1.17. The second kappa shape index (κ2) is 4.07. The fraction of sp³-hybridized carbons (Fsp3) is 0.143. The van der Waals surface area contributed by atoms with Crippen LogP contribution in [0, 0.1) is 11.6 Å². The van der Waals surface area contributed by atoms with Crippen LogP contribution in [-0.4, -0.2) is 6.26 Å². The lowest BCUT2D eigenvalue weighted by atomic mass is 10.3. The quantitative estimate of drug-likeness (QED) is 0.552. The Morgan fingerprint density at radius 3 is 1.92 bits per heavy atom. The predicted molar refractivity (Wildman–Crippen MR) is 53.5 cm³/mol. The van der Waals surface area contributed by atoms with Crippen molar-refractivity contribution >= 4 is 43.6 Å². The zero-order valence-corrected chi connectivity index (χ0v) is 9.99. The van der Waals surface area contributed by atoms with Crippen LogP contribution in [0.15, 0.2) is 19.9 Å². The Kier molecular flexibility index (Phi) is 3.55. The SMILES string of the molecule is CSc1c(Br)c(F)cc(F)c1Br. The van der Waals surface area contributed by atoms with Crippen molar-refractivity contribution in [3.8, 4) is 0 Å². The van der Waals surface area contributed by atoms with Crippen molar-refractivity contribution in [1.29, 1.82) is 0 Å². The van der Waals surface area contributed by atoms with Gasteiger partial charge in [0, 0.05) is 11.0 Å². The van der Waals surface area contributed by atoms with E-state index in [1.165, 1.54) is 11.8 Å². The molecule has 12 heavy (non-hydrogen) atoms. The molecular formula is C7H4Br2F2S. The smallest absolute Gasteiger partial charge is 0.141 e. The summed E-state index contributed by atoms with van der Waals surface area (Å²) < 4.78 is 26.4. The number of benzene rings is 1. The molecule has 0 radical (unpaired) electrons. The summed E-state index contributed by atoms with van der Waals surface area (Å²) >= 11 is 7.34. The van der Waals surface area contributed by atoms with Gasteiger partial charge in [-0.15, -0.1) is 11.8 Å². The van der Waals surface area contributed by atoms with Crippen LogP contribution in [0.2, 0.25) is 0 Å². The fourth-order valence-corrected chi connectivity index (χ4v) is 3.15. The first-order valence-corrected chi connectivity index (χ1v) is 5.76. The van der Waals surface area contributed by atoms with E-state index in [2.05, 4.69) is 31.9 Å². The summed E-state index contributed by atoms with van der Waals surface area (Å²) in [6, 6.07) is 0.841. The van der Waals surface area contributed by atoms with Crippen LogP contribution in [0.3, 0.4) is 0 Å². The molecule has 0 unspecified atom stereocenters. The average Bonchev–Trinajstić information content (AvgIpc) is 2.02. The normalized spacial score (nSPS) is 10.4. The molecule has 0 aromatic heterocycles. The molecule has 0 fully saturated rings. The van der Waals surface area contributed by atoms with Crippen LogP contribution < -0.4 is 0 Å². The van der Waals surface area contributed by atoms with Gasteiger partial charge in [-0.3, -0.25) is 0 Å². The second-order valence-corrected chi connectivity index (χ2v) is 4.40. The van der Waals surface area contributed by atoms with Crippen molar-refractivity contribution in [2.75, 3.05) is 6.26 Å². The third kappa shape index (κ3) is 1.83. The summed E-state index contributed by atoms with van der Waals surface area (Å²) in [5, 5.41) is 0. The molecule has 1 aromatic carbocycles. The lowest BCUT2D eigenvalue weighted by molar-refractivity contribution is 0.567. The molecule has 0 saturated heterocycles. The second-order valence-electron chi connectivity index (χ2n) is 2.00. The summed E-state index contributed by atoms with van der Waals surface area (Å²) in [7, 11) is 0. The van der Waals surface area contributed by atoms with E-state index in [-0.39, 0.29) is 0 Å². The van der Waals surface area contributed by atoms with Gasteiger partial charge in [0.05, 0.1) is 8.95 Å². The molecule has 0 atom stereocenters. The fourth-order valence-electron chi connectivity index (χ4n) is 0.730. The van der Waals surface area contributed by atoms with Crippen LogP contribution in [-0.2, 0) is 0 Å². The van der Waals surface area contributed by atoms with Gasteiger partial charge in [0.1, 0.15) is 11.6 Å². The zero-order chi connectivity index (χ0) is 9.30. The topological polar surface area (TPSA) is 0 Å². The number of rotatable bonds is 1. The first kappa shape index (κ1) is 10.5. The average molecular weight is 318 g/mol. The Labute approximate surface area is 90.0 Å². The van der Waals surface area contributed by atoms with Gasteiger partial charge in [-0.05, 0) is 38.1 Å². The molecule has 0 aliphatic heterocycles. The van der Waals surface area contributed by atoms with E-state index in [4.69, 9.17) is 0 Å². The highest BCUT2D eigenvalue weighted by atomic mass is 79.9. The third-order valence-electron chi connectivity index (χ3n) is 1.28. The van der Waals surface area contributed by atoms with Gasteiger partial charge in [0.2, 0.25) is 0 Å². The molecule has 0 heterocycles. The molecule has 0 saturated carbocycles. The van der Waals surface area contributed by atoms with Crippen LogP contribution in [0.4, 0.5) is 8.78 Å².